The molecule has 2 saturated carbocycles. The number of nitrogens with zero attached hydrogens (tertiary/aromatic N) is 1. The maximum Gasteiger partial charge on any atom is 0.248 e. The fourth-order valence-electron chi connectivity index (χ4n) is 5.11. The molecule has 0 radical (unpaired) electrons. The second kappa shape index (κ2) is 9.95. The number of ether oxygens (including phenoxy) is 3. The summed E-state index contributed by atoms with van der Waals surface area (Å²) in [6.45, 7) is 2.54. The van der Waals surface area contributed by atoms with Crippen LogP contribution in [0.15, 0.2) is 0 Å². The van der Waals surface area contributed by atoms with Crippen LogP contribution in [0.4, 0.5) is 0 Å². The number of rotatable bonds is 6. The van der Waals surface area contributed by atoms with Crippen molar-refractivity contribution in [3.05, 3.63) is 0 Å². The third-order valence-electron chi connectivity index (χ3n) is 6.63. The van der Waals surface area contributed by atoms with Gasteiger partial charge in [0.2, 0.25) is 5.91 Å². The minimum atomic E-state index is 0.131. The Balaban J connectivity index is 1.29. The quantitative estimate of drug-likeness (QED) is 0.687. The van der Waals surface area contributed by atoms with Crippen LogP contribution < -0.4 is 0 Å². The van der Waals surface area contributed by atoms with Crippen molar-refractivity contribution in [3.8, 4) is 0 Å². The highest BCUT2D eigenvalue weighted by Crippen LogP contribution is 2.31. The highest BCUT2D eigenvalue weighted by Gasteiger charge is 2.35. The van der Waals surface area contributed by atoms with Crippen molar-refractivity contribution in [3.63, 3.8) is 0 Å². The zero-order valence-corrected chi connectivity index (χ0v) is 17.3. The second-order valence-electron chi connectivity index (χ2n) is 8.54. The normalized spacial score (nSPS) is 35.0. The SMILES string of the molecule is O=C(COC1CCC2OCCOC2C1)N(CC1CCCS1)C1CCCCC1. The fraction of sp³-hybridized carbons (Fsp3) is 0.952. The van der Waals surface area contributed by atoms with Gasteiger partial charge in [0.15, 0.2) is 0 Å². The third-order valence-corrected chi connectivity index (χ3v) is 8.01. The van der Waals surface area contributed by atoms with Crippen LogP contribution in [0.1, 0.15) is 64.2 Å². The highest BCUT2D eigenvalue weighted by atomic mass is 32.2. The molecule has 6 heteroatoms. The average Bonchev–Trinajstić information content (AvgIpc) is 3.24. The van der Waals surface area contributed by atoms with Gasteiger partial charge in [-0.2, -0.15) is 11.8 Å². The zero-order chi connectivity index (χ0) is 18.5. The number of carbonyl (C=O) groups is 1. The molecule has 0 aromatic rings. The molecular formula is C21H35NO4S. The first-order chi connectivity index (χ1) is 13.3. The smallest absolute Gasteiger partial charge is 0.248 e. The number of carbonyl (C=O) groups excluding carboxylic acids is 1. The molecule has 4 rings (SSSR count). The maximum absolute atomic E-state index is 13.1. The summed E-state index contributed by atoms with van der Waals surface area (Å²) in [6.07, 6.45) is 12.1. The molecule has 4 atom stereocenters. The van der Waals surface area contributed by atoms with E-state index >= 15 is 0 Å². The zero-order valence-electron chi connectivity index (χ0n) is 16.5. The molecule has 4 fully saturated rings. The predicted molar refractivity (Wildman–Crippen MR) is 107 cm³/mol. The molecule has 0 N–H and O–H groups in total. The topological polar surface area (TPSA) is 48.0 Å². The van der Waals surface area contributed by atoms with Gasteiger partial charge in [-0.05, 0) is 44.3 Å². The van der Waals surface area contributed by atoms with Gasteiger partial charge >= 0.3 is 0 Å². The van der Waals surface area contributed by atoms with Gasteiger partial charge in [-0.3, -0.25) is 4.79 Å². The van der Waals surface area contributed by atoms with Gasteiger partial charge in [-0.25, -0.2) is 0 Å². The monoisotopic (exact) mass is 397 g/mol. The largest absolute Gasteiger partial charge is 0.373 e. The molecule has 0 spiro atoms. The Hall–Kier alpha value is -0.300. The van der Waals surface area contributed by atoms with Crippen LogP contribution in [0.2, 0.25) is 0 Å². The van der Waals surface area contributed by atoms with Crippen LogP contribution in [0.3, 0.4) is 0 Å². The van der Waals surface area contributed by atoms with Crippen molar-refractivity contribution in [1.29, 1.82) is 0 Å². The Morgan fingerprint density at radius 1 is 0.963 bits per heavy atom. The van der Waals surface area contributed by atoms with E-state index in [1.807, 2.05) is 11.8 Å². The lowest BCUT2D eigenvalue weighted by Crippen LogP contribution is -2.48. The lowest BCUT2D eigenvalue weighted by atomic mass is 9.91. The van der Waals surface area contributed by atoms with Crippen LogP contribution in [0.5, 0.6) is 0 Å². The van der Waals surface area contributed by atoms with Crippen LogP contribution in [0.25, 0.3) is 0 Å². The van der Waals surface area contributed by atoms with Gasteiger partial charge in [0.1, 0.15) is 6.61 Å². The number of hydrogen-bond donors (Lipinski definition) is 0. The molecule has 1 amide bonds. The van der Waals surface area contributed by atoms with E-state index in [9.17, 15) is 4.79 Å². The summed E-state index contributed by atoms with van der Waals surface area (Å²) in [7, 11) is 0. The molecule has 0 bridgehead atoms. The van der Waals surface area contributed by atoms with Crippen LogP contribution in [-0.4, -0.2) is 72.5 Å². The fourth-order valence-corrected chi connectivity index (χ4v) is 6.37. The molecule has 154 valence electrons. The molecule has 2 heterocycles. The predicted octanol–water partition coefficient (Wildman–Crippen LogP) is 3.40. The van der Waals surface area contributed by atoms with E-state index < -0.39 is 0 Å². The van der Waals surface area contributed by atoms with Gasteiger partial charge in [0.25, 0.3) is 0 Å². The lowest BCUT2D eigenvalue weighted by Gasteiger charge is -2.39. The van der Waals surface area contributed by atoms with Crippen molar-refractivity contribution in [2.75, 3.05) is 32.1 Å². The minimum absolute atomic E-state index is 0.131. The van der Waals surface area contributed by atoms with Crippen molar-refractivity contribution >= 4 is 17.7 Å². The molecule has 2 aliphatic carbocycles. The molecule has 0 aromatic heterocycles. The Kier molecular flexibility index (Phi) is 7.37. The first kappa shape index (κ1) is 20.0. The number of thioether (sulfide) groups is 1. The average molecular weight is 398 g/mol. The third kappa shape index (κ3) is 5.40. The van der Waals surface area contributed by atoms with Crippen LogP contribution in [-0.2, 0) is 19.0 Å². The molecule has 5 nitrogen and oxygen atoms in total. The number of hydrogen-bond acceptors (Lipinski definition) is 5. The molecule has 2 aliphatic heterocycles. The van der Waals surface area contributed by atoms with Crippen LogP contribution >= 0.6 is 11.8 Å². The molecule has 2 saturated heterocycles. The van der Waals surface area contributed by atoms with E-state index in [4.69, 9.17) is 14.2 Å². The molecule has 4 aliphatic rings. The molecule has 0 aromatic carbocycles. The molecule has 27 heavy (non-hydrogen) atoms. The van der Waals surface area contributed by atoms with Crippen LogP contribution in [0, 0.1) is 0 Å². The Morgan fingerprint density at radius 2 is 1.78 bits per heavy atom. The van der Waals surface area contributed by atoms with E-state index in [1.165, 1.54) is 50.7 Å². The highest BCUT2D eigenvalue weighted by molar-refractivity contribution is 8.00. The summed E-state index contributed by atoms with van der Waals surface area (Å²) in [5, 5.41) is 0.624. The second-order valence-corrected chi connectivity index (χ2v) is 9.95. The first-order valence-electron chi connectivity index (χ1n) is 11.1. The standard InChI is InChI=1S/C21H35NO4S/c23-21(15-26-17-8-9-19-20(13-17)25-11-10-24-19)22(14-18-7-4-12-27-18)16-5-2-1-3-6-16/h16-20H,1-15H2. The van der Waals surface area contributed by atoms with Crippen molar-refractivity contribution < 1.29 is 19.0 Å². The van der Waals surface area contributed by atoms with E-state index in [-0.39, 0.29) is 30.8 Å². The van der Waals surface area contributed by atoms with E-state index in [1.54, 1.807) is 0 Å². The van der Waals surface area contributed by atoms with Gasteiger partial charge in [-0.15, -0.1) is 0 Å². The maximum atomic E-state index is 13.1. The lowest BCUT2D eigenvalue weighted by molar-refractivity contribution is -0.177. The van der Waals surface area contributed by atoms with E-state index in [0.717, 1.165) is 25.8 Å². The van der Waals surface area contributed by atoms with E-state index in [2.05, 4.69) is 4.90 Å². The summed E-state index contributed by atoms with van der Waals surface area (Å²) in [5.41, 5.74) is 0. The number of fused-ring (bicyclic) bond motifs is 1. The summed E-state index contributed by atoms with van der Waals surface area (Å²) in [5.74, 6) is 1.46. The van der Waals surface area contributed by atoms with Crippen molar-refractivity contribution in [1.82, 2.24) is 4.90 Å². The van der Waals surface area contributed by atoms with Crippen molar-refractivity contribution in [2.24, 2.45) is 0 Å². The first-order valence-corrected chi connectivity index (χ1v) is 12.1. The Labute approximate surface area is 167 Å². The Bertz CT molecular complexity index is 479. The van der Waals surface area contributed by atoms with Gasteiger partial charge < -0.3 is 19.1 Å². The van der Waals surface area contributed by atoms with Crippen molar-refractivity contribution in [2.45, 2.75) is 93.8 Å². The Morgan fingerprint density at radius 3 is 2.56 bits per heavy atom. The van der Waals surface area contributed by atoms with E-state index in [0.29, 0.717) is 24.5 Å². The van der Waals surface area contributed by atoms with Gasteiger partial charge in [0.05, 0.1) is 31.5 Å². The summed E-state index contributed by atoms with van der Waals surface area (Å²) < 4.78 is 17.7. The molecule has 4 unspecified atom stereocenters. The van der Waals surface area contributed by atoms with Gasteiger partial charge in [0, 0.05) is 24.3 Å². The summed E-state index contributed by atoms with van der Waals surface area (Å²) >= 11 is 2.05. The van der Waals surface area contributed by atoms with Gasteiger partial charge in [-0.1, -0.05) is 19.3 Å². The minimum Gasteiger partial charge on any atom is -0.373 e. The summed E-state index contributed by atoms with van der Waals surface area (Å²) in [4.78, 5) is 15.3. The summed E-state index contributed by atoms with van der Waals surface area (Å²) in [6, 6.07) is 0.432. The number of amides is 1. The molecular weight excluding hydrogens is 362 g/mol.